The minimum Gasteiger partial charge on any atom is -0.293 e. The van der Waals surface area contributed by atoms with Gasteiger partial charge in [0.05, 0.1) is 0 Å². The predicted molar refractivity (Wildman–Crippen MR) is 95.1 cm³/mol. The molecular formula is C21H24N2. The molecule has 2 aromatic carbocycles. The highest BCUT2D eigenvalue weighted by Gasteiger charge is 2.33. The van der Waals surface area contributed by atoms with Crippen LogP contribution in [0.15, 0.2) is 72.3 Å². The zero-order valence-electron chi connectivity index (χ0n) is 13.6. The molecule has 1 fully saturated rings. The Kier molecular flexibility index (Phi) is 4.27. The third-order valence-corrected chi connectivity index (χ3v) is 5.01. The minimum absolute atomic E-state index is 0.604. The Balaban J connectivity index is 1.44. The molecule has 0 radical (unpaired) electrons. The van der Waals surface area contributed by atoms with Crippen LogP contribution in [0.2, 0.25) is 0 Å². The van der Waals surface area contributed by atoms with Crippen LogP contribution in [0.5, 0.6) is 0 Å². The number of benzene rings is 2. The number of nitrogens with zero attached hydrogens (tertiary/aromatic N) is 2. The molecule has 1 unspecified atom stereocenters. The van der Waals surface area contributed by atoms with Gasteiger partial charge < -0.3 is 0 Å². The van der Waals surface area contributed by atoms with Crippen molar-refractivity contribution >= 4 is 0 Å². The van der Waals surface area contributed by atoms with Gasteiger partial charge in [0.15, 0.2) is 0 Å². The molecule has 4 rings (SSSR count). The van der Waals surface area contributed by atoms with Gasteiger partial charge in [-0.25, -0.2) is 0 Å². The molecule has 1 atom stereocenters. The summed E-state index contributed by atoms with van der Waals surface area (Å²) >= 11 is 0. The summed E-state index contributed by atoms with van der Waals surface area (Å²) in [7, 11) is 0. The zero-order chi connectivity index (χ0) is 15.5. The molecule has 23 heavy (non-hydrogen) atoms. The van der Waals surface area contributed by atoms with Gasteiger partial charge in [-0.05, 0) is 23.1 Å². The van der Waals surface area contributed by atoms with Crippen LogP contribution < -0.4 is 0 Å². The fraction of sp³-hybridized carbons (Fsp3) is 0.333. The summed E-state index contributed by atoms with van der Waals surface area (Å²) in [6.07, 6.45) is 3.68. The first-order valence-electron chi connectivity index (χ1n) is 8.62. The van der Waals surface area contributed by atoms with Gasteiger partial charge in [0.2, 0.25) is 0 Å². The average molecular weight is 304 g/mol. The first-order chi connectivity index (χ1) is 11.4. The minimum atomic E-state index is 0.604. The van der Waals surface area contributed by atoms with Crippen LogP contribution in [0, 0.1) is 0 Å². The normalized spacial score (nSPS) is 21.9. The molecule has 0 N–H and O–H groups in total. The molecule has 0 spiro atoms. The highest BCUT2D eigenvalue weighted by Crippen LogP contribution is 2.28. The lowest BCUT2D eigenvalue weighted by molar-refractivity contribution is 0.192. The van der Waals surface area contributed by atoms with Gasteiger partial charge in [0.1, 0.15) is 0 Å². The second-order valence-electron chi connectivity index (χ2n) is 6.69. The Morgan fingerprint density at radius 2 is 1.48 bits per heavy atom. The fourth-order valence-electron chi connectivity index (χ4n) is 3.88. The Labute approximate surface area is 139 Å². The predicted octanol–water partition coefficient (Wildman–Crippen LogP) is 3.70. The number of likely N-dealkylation sites (tertiary alicyclic amines) is 1. The van der Waals surface area contributed by atoms with E-state index in [-0.39, 0.29) is 0 Å². The number of hydrogen-bond donors (Lipinski definition) is 0. The van der Waals surface area contributed by atoms with E-state index in [0.29, 0.717) is 6.04 Å². The number of rotatable bonds is 4. The summed E-state index contributed by atoms with van der Waals surface area (Å²) in [4.78, 5) is 5.25. The van der Waals surface area contributed by atoms with Gasteiger partial charge in [0, 0.05) is 38.8 Å². The van der Waals surface area contributed by atoms with Crippen LogP contribution in [-0.4, -0.2) is 35.5 Å². The molecule has 2 nitrogen and oxygen atoms in total. The van der Waals surface area contributed by atoms with Crippen molar-refractivity contribution < 1.29 is 0 Å². The quantitative estimate of drug-likeness (QED) is 0.795. The van der Waals surface area contributed by atoms with Gasteiger partial charge >= 0.3 is 0 Å². The van der Waals surface area contributed by atoms with Gasteiger partial charge in [-0.15, -0.1) is 0 Å². The Morgan fingerprint density at radius 3 is 2.17 bits per heavy atom. The highest BCUT2D eigenvalue weighted by atomic mass is 15.3. The molecule has 0 aliphatic carbocycles. The maximum atomic E-state index is 2.66. The van der Waals surface area contributed by atoms with E-state index < -0.39 is 0 Å². The van der Waals surface area contributed by atoms with Crippen LogP contribution in [0.3, 0.4) is 0 Å². The van der Waals surface area contributed by atoms with Crippen LogP contribution >= 0.6 is 0 Å². The van der Waals surface area contributed by atoms with E-state index in [0.717, 1.165) is 26.2 Å². The van der Waals surface area contributed by atoms with Gasteiger partial charge in [-0.2, -0.15) is 0 Å². The maximum Gasteiger partial charge on any atom is 0.0451 e. The number of hydrogen-bond acceptors (Lipinski definition) is 2. The lowest BCUT2D eigenvalue weighted by Gasteiger charge is -2.32. The van der Waals surface area contributed by atoms with E-state index in [2.05, 4.69) is 76.5 Å². The van der Waals surface area contributed by atoms with E-state index in [4.69, 9.17) is 0 Å². The van der Waals surface area contributed by atoms with Gasteiger partial charge in [-0.1, -0.05) is 66.7 Å². The standard InChI is InChI=1S/C21H24N2/c1-3-8-18(9-4-1)14-22-16-20-12-7-13-23(21(20)17-22)15-19-10-5-2-6-11-19/h1-6,8-12,21H,7,13-17H2. The molecule has 2 aliphatic rings. The summed E-state index contributed by atoms with van der Waals surface area (Å²) in [6, 6.07) is 22.3. The second kappa shape index (κ2) is 6.69. The SMILES string of the molecule is C1=C2CN(Cc3ccccc3)CC2N(Cc2ccccc2)CC1. The summed E-state index contributed by atoms with van der Waals surface area (Å²) in [6.45, 7) is 5.61. The lowest BCUT2D eigenvalue weighted by Crippen LogP contribution is -2.40. The van der Waals surface area contributed by atoms with Crippen LogP contribution in [0.25, 0.3) is 0 Å². The summed E-state index contributed by atoms with van der Waals surface area (Å²) < 4.78 is 0. The smallest absolute Gasteiger partial charge is 0.0451 e. The topological polar surface area (TPSA) is 6.48 Å². The van der Waals surface area contributed by atoms with Crippen molar-refractivity contribution in [2.75, 3.05) is 19.6 Å². The third-order valence-electron chi connectivity index (χ3n) is 5.01. The molecule has 2 heterocycles. The van der Waals surface area contributed by atoms with Crippen LogP contribution in [-0.2, 0) is 13.1 Å². The van der Waals surface area contributed by atoms with Crippen molar-refractivity contribution in [1.29, 1.82) is 0 Å². The van der Waals surface area contributed by atoms with Gasteiger partial charge in [-0.3, -0.25) is 9.80 Å². The highest BCUT2D eigenvalue weighted by molar-refractivity contribution is 5.25. The maximum absolute atomic E-state index is 2.66. The Bertz CT molecular complexity index is 663. The Morgan fingerprint density at radius 1 is 0.826 bits per heavy atom. The first-order valence-corrected chi connectivity index (χ1v) is 8.62. The van der Waals surface area contributed by atoms with E-state index >= 15 is 0 Å². The summed E-state index contributed by atoms with van der Waals surface area (Å²) in [5.74, 6) is 0. The molecule has 2 heteroatoms. The molecule has 2 aromatic rings. The van der Waals surface area contributed by atoms with Gasteiger partial charge in [0.25, 0.3) is 0 Å². The molecule has 0 bridgehead atoms. The summed E-state index contributed by atoms with van der Waals surface area (Å²) in [5.41, 5.74) is 4.47. The van der Waals surface area contributed by atoms with E-state index in [1.54, 1.807) is 5.57 Å². The molecule has 0 aromatic heterocycles. The van der Waals surface area contributed by atoms with Crippen molar-refractivity contribution in [3.63, 3.8) is 0 Å². The molecule has 0 amide bonds. The largest absolute Gasteiger partial charge is 0.293 e. The first kappa shape index (κ1) is 14.7. The van der Waals surface area contributed by atoms with Crippen molar-refractivity contribution in [3.05, 3.63) is 83.4 Å². The molecule has 2 aliphatic heterocycles. The van der Waals surface area contributed by atoms with Crippen LogP contribution in [0.1, 0.15) is 17.5 Å². The second-order valence-corrected chi connectivity index (χ2v) is 6.69. The van der Waals surface area contributed by atoms with Crippen molar-refractivity contribution in [2.24, 2.45) is 0 Å². The monoisotopic (exact) mass is 304 g/mol. The lowest BCUT2D eigenvalue weighted by atomic mass is 10.0. The van der Waals surface area contributed by atoms with E-state index in [9.17, 15) is 0 Å². The molecule has 118 valence electrons. The summed E-state index contributed by atoms with van der Waals surface area (Å²) in [5, 5.41) is 0. The zero-order valence-corrected chi connectivity index (χ0v) is 13.6. The average Bonchev–Trinajstić information content (AvgIpc) is 3.00. The van der Waals surface area contributed by atoms with Crippen LogP contribution in [0.4, 0.5) is 0 Å². The van der Waals surface area contributed by atoms with E-state index in [1.165, 1.54) is 24.1 Å². The molecule has 1 saturated heterocycles. The number of fused-ring (bicyclic) bond motifs is 1. The Hall–Kier alpha value is -1.90. The molecule has 0 saturated carbocycles. The van der Waals surface area contributed by atoms with Crippen molar-refractivity contribution in [2.45, 2.75) is 25.6 Å². The van der Waals surface area contributed by atoms with E-state index in [1.807, 2.05) is 0 Å². The van der Waals surface area contributed by atoms with Crippen molar-refractivity contribution in [1.82, 2.24) is 9.80 Å². The fourth-order valence-corrected chi connectivity index (χ4v) is 3.88. The third kappa shape index (κ3) is 3.39. The molecular weight excluding hydrogens is 280 g/mol. The van der Waals surface area contributed by atoms with Crippen molar-refractivity contribution in [3.8, 4) is 0 Å².